The maximum Gasteiger partial charge on any atom is 0.255 e. The van der Waals surface area contributed by atoms with Gasteiger partial charge in [-0.25, -0.2) is 0 Å². The molecule has 2 unspecified atom stereocenters. The van der Waals surface area contributed by atoms with Crippen molar-refractivity contribution in [2.45, 2.75) is 24.1 Å². The van der Waals surface area contributed by atoms with Gasteiger partial charge >= 0.3 is 0 Å². The van der Waals surface area contributed by atoms with E-state index >= 15 is 0 Å². The van der Waals surface area contributed by atoms with E-state index in [-0.39, 0.29) is 5.91 Å². The number of para-hydroxylation sites is 1. The largest absolute Gasteiger partial charge is 0.486 e. The van der Waals surface area contributed by atoms with Crippen LogP contribution in [0.1, 0.15) is 29.6 Å². The van der Waals surface area contributed by atoms with Crippen LogP contribution in [0.25, 0.3) is 0 Å². The summed E-state index contributed by atoms with van der Waals surface area (Å²) in [5.41, 5.74) is 0.565. The first-order valence-electron chi connectivity index (χ1n) is 7.05. The molecule has 4 nitrogen and oxygen atoms in total. The number of fused-ring (bicyclic) bond motifs is 1. The van der Waals surface area contributed by atoms with E-state index in [0.29, 0.717) is 41.0 Å². The Morgan fingerprint density at radius 2 is 2.15 bits per heavy atom. The molecule has 0 spiro atoms. The van der Waals surface area contributed by atoms with E-state index in [1.165, 1.54) is 12.8 Å². The van der Waals surface area contributed by atoms with Crippen molar-refractivity contribution >= 4 is 21.8 Å². The van der Waals surface area contributed by atoms with Crippen LogP contribution in [0.2, 0.25) is 0 Å². The average molecular weight is 340 g/mol. The van der Waals surface area contributed by atoms with Gasteiger partial charge in [0.05, 0.1) is 5.56 Å². The number of nitrogens with one attached hydrogen (secondary N) is 1. The van der Waals surface area contributed by atoms with Gasteiger partial charge in [0, 0.05) is 11.4 Å². The normalized spacial score (nSPS) is 24.4. The zero-order valence-electron chi connectivity index (χ0n) is 11.2. The lowest BCUT2D eigenvalue weighted by atomic mass is 10.1. The average Bonchev–Trinajstić information content (AvgIpc) is 2.90. The van der Waals surface area contributed by atoms with Crippen molar-refractivity contribution in [3.05, 3.63) is 23.8 Å². The van der Waals surface area contributed by atoms with E-state index in [9.17, 15) is 4.79 Å². The minimum Gasteiger partial charge on any atom is -0.486 e. The highest BCUT2D eigenvalue weighted by Gasteiger charge is 2.24. The highest BCUT2D eigenvalue weighted by Crippen LogP contribution is 2.34. The fourth-order valence-corrected chi connectivity index (χ4v) is 3.58. The van der Waals surface area contributed by atoms with Crippen LogP contribution in [0.5, 0.6) is 11.5 Å². The molecular formula is C15H18BrNO3. The SMILES string of the molecule is O=C(NCC1CCC(Br)C1)c1cccc2c1OCCO2. The number of alkyl halides is 1. The molecule has 1 fully saturated rings. The lowest BCUT2D eigenvalue weighted by Crippen LogP contribution is -2.29. The molecule has 2 atom stereocenters. The molecular weight excluding hydrogens is 322 g/mol. The minimum atomic E-state index is -0.0784. The standard InChI is InChI=1S/C15H18BrNO3/c16-11-5-4-10(8-11)9-17-15(18)12-2-1-3-13-14(12)20-7-6-19-13/h1-3,10-11H,4-9H2,(H,17,18). The Morgan fingerprint density at radius 3 is 2.95 bits per heavy atom. The molecule has 5 heteroatoms. The summed E-state index contributed by atoms with van der Waals surface area (Å²) >= 11 is 3.63. The Morgan fingerprint density at radius 1 is 1.30 bits per heavy atom. The van der Waals surface area contributed by atoms with Gasteiger partial charge in [-0.2, -0.15) is 0 Å². The zero-order chi connectivity index (χ0) is 13.9. The summed E-state index contributed by atoms with van der Waals surface area (Å²) in [4.78, 5) is 12.9. The van der Waals surface area contributed by atoms with Crippen LogP contribution in [0, 0.1) is 5.92 Å². The highest BCUT2D eigenvalue weighted by atomic mass is 79.9. The first-order valence-corrected chi connectivity index (χ1v) is 7.96. The molecule has 1 amide bonds. The van der Waals surface area contributed by atoms with Crippen LogP contribution in [-0.2, 0) is 0 Å². The molecule has 1 aromatic rings. The molecule has 2 aliphatic rings. The summed E-state index contributed by atoms with van der Waals surface area (Å²) in [6.45, 7) is 1.75. The van der Waals surface area contributed by atoms with Gasteiger partial charge in [0.2, 0.25) is 0 Å². The monoisotopic (exact) mass is 339 g/mol. The van der Waals surface area contributed by atoms with Gasteiger partial charge in [-0.15, -0.1) is 0 Å². The van der Waals surface area contributed by atoms with E-state index < -0.39 is 0 Å². The van der Waals surface area contributed by atoms with Gasteiger partial charge in [-0.05, 0) is 37.3 Å². The van der Waals surface area contributed by atoms with E-state index in [4.69, 9.17) is 9.47 Å². The Bertz CT molecular complexity index is 506. The van der Waals surface area contributed by atoms with Crippen LogP contribution in [0.4, 0.5) is 0 Å². The number of rotatable bonds is 3. The lowest BCUT2D eigenvalue weighted by Gasteiger charge is -2.21. The van der Waals surface area contributed by atoms with Crippen LogP contribution in [0.3, 0.4) is 0 Å². The summed E-state index contributed by atoms with van der Waals surface area (Å²) in [5, 5.41) is 3.02. The van der Waals surface area contributed by atoms with Gasteiger partial charge < -0.3 is 14.8 Å². The molecule has 108 valence electrons. The third-order valence-corrected chi connectivity index (χ3v) is 4.67. The summed E-state index contributed by atoms with van der Waals surface area (Å²) < 4.78 is 11.1. The summed E-state index contributed by atoms with van der Waals surface area (Å²) in [6.07, 6.45) is 3.49. The fourth-order valence-electron chi connectivity index (χ4n) is 2.78. The third-order valence-electron chi connectivity index (χ3n) is 3.84. The molecule has 1 aromatic carbocycles. The maximum atomic E-state index is 12.3. The molecule has 1 saturated carbocycles. The molecule has 0 saturated heterocycles. The van der Waals surface area contributed by atoms with E-state index in [1.54, 1.807) is 6.07 Å². The molecule has 1 aliphatic heterocycles. The molecule has 0 aromatic heterocycles. The smallest absolute Gasteiger partial charge is 0.255 e. The van der Waals surface area contributed by atoms with E-state index in [2.05, 4.69) is 21.2 Å². The van der Waals surface area contributed by atoms with Crippen molar-refractivity contribution in [3.8, 4) is 11.5 Å². The van der Waals surface area contributed by atoms with Crippen molar-refractivity contribution in [2.75, 3.05) is 19.8 Å². The molecule has 0 radical (unpaired) electrons. The first-order chi connectivity index (χ1) is 9.74. The number of halogens is 1. The summed E-state index contributed by atoms with van der Waals surface area (Å²) in [7, 11) is 0. The third kappa shape index (κ3) is 2.92. The van der Waals surface area contributed by atoms with Gasteiger partial charge in [0.15, 0.2) is 11.5 Å². The van der Waals surface area contributed by atoms with E-state index in [1.807, 2.05) is 12.1 Å². The van der Waals surface area contributed by atoms with Crippen LogP contribution in [0.15, 0.2) is 18.2 Å². The van der Waals surface area contributed by atoms with Gasteiger partial charge in [0.1, 0.15) is 13.2 Å². The Balaban J connectivity index is 1.65. The predicted octanol–water partition coefficient (Wildman–Crippen LogP) is 2.75. The number of benzene rings is 1. The molecule has 1 heterocycles. The second-order valence-corrected chi connectivity index (χ2v) is 6.61. The Hall–Kier alpha value is -1.23. The maximum absolute atomic E-state index is 12.3. The topological polar surface area (TPSA) is 47.6 Å². The van der Waals surface area contributed by atoms with E-state index in [0.717, 1.165) is 13.0 Å². The number of carbonyl (C=O) groups excluding carboxylic acids is 1. The number of amides is 1. The highest BCUT2D eigenvalue weighted by molar-refractivity contribution is 9.09. The van der Waals surface area contributed by atoms with Crippen LogP contribution < -0.4 is 14.8 Å². The van der Waals surface area contributed by atoms with Crippen molar-refractivity contribution < 1.29 is 14.3 Å². The quantitative estimate of drug-likeness (QED) is 0.861. The summed E-state index contributed by atoms with van der Waals surface area (Å²) in [6, 6.07) is 5.44. The molecule has 1 aliphatic carbocycles. The second-order valence-electron chi connectivity index (χ2n) is 5.32. The molecule has 3 rings (SSSR count). The summed E-state index contributed by atoms with van der Waals surface area (Å²) in [5.74, 6) is 1.72. The van der Waals surface area contributed by atoms with Gasteiger partial charge in [-0.3, -0.25) is 4.79 Å². The van der Waals surface area contributed by atoms with Crippen molar-refractivity contribution in [1.29, 1.82) is 0 Å². The van der Waals surface area contributed by atoms with Gasteiger partial charge in [0.25, 0.3) is 5.91 Å². The molecule has 0 bridgehead atoms. The number of carbonyl (C=O) groups is 1. The van der Waals surface area contributed by atoms with Crippen LogP contribution >= 0.6 is 15.9 Å². The number of hydrogen-bond acceptors (Lipinski definition) is 3. The lowest BCUT2D eigenvalue weighted by molar-refractivity contribution is 0.0936. The second kappa shape index (κ2) is 6.04. The van der Waals surface area contributed by atoms with Crippen LogP contribution in [-0.4, -0.2) is 30.5 Å². The minimum absolute atomic E-state index is 0.0784. The van der Waals surface area contributed by atoms with Gasteiger partial charge in [-0.1, -0.05) is 22.0 Å². The number of ether oxygens (including phenoxy) is 2. The first kappa shape index (κ1) is 13.7. The van der Waals surface area contributed by atoms with Crippen molar-refractivity contribution in [1.82, 2.24) is 5.32 Å². The fraction of sp³-hybridized carbons (Fsp3) is 0.533. The van der Waals surface area contributed by atoms with Crippen molar-refractivity contribution in [3.63, 3.8) is 0 Å². The number of hydrogen-bond donors (Lipinski definition) is 1. The Kier molecular flexibility index (Phi) is 4.15. The predicted molar refractivity (Wildman–Crippen MR) is 79.8 cm³/mol. The van der Waals surface area contributed by atoms with Crippen molar-refractivity contribution in [2.24, 2.45) is 5.92 Å². The Labute approximate surface area is 127 Å². The zero-order valence-corrected chi connectivity index (χ0v) is 12.8. The molecule has 1 N–H and O–H groups in total. The molecule has 20 heavy (non-hydrogen) atoms.